The van der Waals surface area contributed by atoms with E-state index in [2.05, 4.69) is 0 Å². The van der Waals surface area contributed by atoms with Gasteiger partial charge in [-0.3, -0.25) is 9.59 Å². The van der Waals surface area contributed by atoms with Gasteiger partial charge >= 0.3 is 5.97 Å². The van der Waals surface area contributed by atoms with E-state index in [1.54, 1.807) is 22.8 Å². The van der Waals surface area contributed by atoms with Crippen LogP contribution in [0.15, 0.2) is 29.1 Å². The van der Waals surface area contributed by atoms with E-state index < -0.39 is 5.92 Å². The molecular formula is C22H19FN2O4S. The van der Waals surface area contributed by atoms with Gasteiger partial charge in [0.1, 0.15) is 12.4 Å². The number of ether oxygens (including phenoxy) is 1. The molecule has 1 aromatic carbocycles. The number of esters is 1. The number of carbonyl (C=O) groups is 1. The van der Waals surface area contributed by atoms with Gasteiger partial charge in [0.25, 0.3) is 18.0 Å². The molecule has 0 spiro atoms. The minimum absolute atomic E-state index is 0.0117. The number of halogens is 1. The van der Waals surface area contributed by atoms with Gasteiger partial charge in [-0.05, 0) is 48.2 Å². The van der Waals surface area contributed by atoms with Crippen LogP contribution in [0.1, 0.15) is 48.4 Å². The summed E-state index contributed by atoms with van der Waals surface area (Å²) < 4.78 is 24.5. The van der Waals surface area contributed by atoms with Gasteiger partial charge in [0.15, 0.2) is 0 Å². The molecule has 0 bridgehead atoms. The summed E-state index contributed by atoms with van der Waals surface area (Å²) in [5, 5.41) is 0.887. The number of fused-ring (bicyclic) bond motifs is 5. The summed E-state index contributed by atoms with van der Waals surface area (Å²) in [6.07, 6.45) is 1.30. The van der Waals surface area contributed by atoms with Crippen LogP contribution in [0.4, 0.5) is 3.89 Å². The standard InChI is InChI=1S/C22H19FN2O4S/c1-3-12-15-7-11(29-30-23)5-6-18(15)24-20-16(12)9-25-19(20)8-14-13(4-2)22(27)28-10-17(14)21(25)26/h5-8,13H,3-4,9-10H2,1-2H3. The summed E-state index contributed by atoms with van der Waals surface area (Å²) >= 11 is -0.195. The van der Waals surface area contributed by atoms with Gasteiger partial charge in [0, 0.05) is 10.9 Å². The Morgan fingerprint density at radius 1 is 1.27 bits per heavy atom. The van der Waals surface area contributed by atoms with Gasteiger partial charge in [-0.25, -0.2) is 4.98 Å². The largest absolute Gasteiger partial charge is 0.460 e. The highest BCUT2D eigenvalue weighted by atomic mass is 32.2. The van der Waals surface area contributed by atoms with Crippen LogP contribution in [0, 0.1) is 0 Å². The number of hydrogen-bond donors (Lipinski definition) is 0. The monoisotopic (exact) mass is 426 g/mol. The third kappa shape index (κ3) is 2.66. The van der Waals surface area contributed by atoms with Crippen LogP contribution in [-0.2, 0) is 29.1 Å². The molecule has 0 saturated heterocycles. The lowest BCUT2D eigenvalue weighted by atomic mass is 9.90. The Labute approximate surface area is 176 Å². The fourth-order valence-corrected chi connectivity index (χ4v) is 4.83. The smallest absolute Gasteiger partial charge is 0.313 e. The molecule has 0 aliphatic carbocycles. The summed E-state index contributed by atoms with van der Waals surface area (Å²) in [6, 6.07) is 7.19. The summed E-state index contributed by atoms with van der Waals surface area (Å²) in [7, 11) is 0. The molecule has 5 rings (SSSR count). The van der Waals surface area contributed by atoms with E-state index in [9.17, 15) is 13.5 Å². The van der Waals surface area contributed by atoms with E-state index in [-0.39, 0.29) is 30.6 Å². The number of rotatable bonds is 4. The van der Waals surface area contributed by atoms with Crippen LogP contribution in [0.3, 0.4) is 0 Å². The normalized spacial score (nSPS) is 16.8. The molecule has 30 heavy (non-hydrogen) atoms. The Balaban J connectivity index is 1.76. The van der Waals surface area contributed by atoms with Gasteiger partial charge in [-0.2, -0.15) is 0 Å². The first-order chi connectivity index (χ1) is 14.6. The molecule has 8 heteroatoms. The molecule has 3 aromatic rings. The van der Waals surface area contributed by atoms with E-state index >= 15 is 0 Å². The topological polar surface area (TPSA) is 70.4 Å². The van der Waals surface area contributed by atoms with Crippen molar-refractivity contribution in [2.24, 2.45) is 0 Å². The van der Waals surface area contributed by atoms with Crippen LogP contribution in [0.25, 0.3) is 22.3 Å². The lowest BCUT2D eigenvalue weighted by Gasteiger charge is -2.24. The van der Waals surface area contributed by atoms with Crippen molar-refractivity contribution in [1.82, 2.24) is 9.55 Å². The molecule has 154 valence electrons. The average Bonchev–Trinajstić information content (AvgIpc) is 3.11. The van der Waals surface area contributed by atoms with Crippen molar-refractivity contribution in [3.8, 4) is 17.1 Å². The van der Waals surface area contributed by atoms with E-state index in [0.717, 1.165) is 45.4 Å². The zero-order valence-corrected chi connectivity index (χ0v) is 17.3. The van der Waals surface area contributed by atoms with Crippen molar-refractivity contribution >= 4 is 29.3 Å². The van der Waals surface area contributed by atoms with Crippen molar-refractivity contribution in [1.29, 1.82) is 0 Å². The van der Waals surface area contributed by atoms with Crippen molar-refractivity contribution < 1.29 is 17.6 Å². The van der Waals surface area contributed by atoms with Gasteiger partial charge in [0.2, 0.25) is 0 Å². The first-order valence-corrected chi connectivity index (χ1v) is 10.6. The highest BCUT2D eigenvalue weighted by Crippen LogP contribution is 2.39. The molecule has 0 N–H and O–H groups in total. The minimum Gasteiger partial charge on any atom is -0.460 e. The maximum Gasteiger partial charge on any atom is 0.313 e. The molecule has 0 radical (unpaired) electrons. The molecule has 0 amide bonds. The Morgan fingerprint density at radius 3 is 2.83 bits per heavy atom. The van der Waals surface area contributed by atoms with E-state index in [1.807, 2.05) is 19.9 Å². The average molecular weight is 426 g/mol. The zero-order chi connectivity index (χ0) is 21.0. The van der Waals surface area contributed by atoms with Crippen molar-refractivity contribution in [2.75, 3.05) is 0 Å². The van der Waals surface area contributed by atoms with Gasteiger partial charge < -0.3 is 13.5 Å². The number of pyridine rings is 2. The molecular weight excluding hydrogens is 407 g/mol. The predicted molar refractivity (Wildman–Crippen MR) is 112 cm³/mol. The number of aromatic nitrogens is 2. The number of cyclic esters (lactones) is 1. The maximum absolute atomic E-state index is 13.3. The lowest BCUT2D eigenvalue weighted by Crippen LogP contribution is -2.32. The second-order valence-corrected chi connectivity index (χ2v) is 7.81. The first kappa shape index (κ1) is 19.1. The Bertz CT molecular complexity index is 1270. The molecule has 0 saturated carbocycles. The molecule has 4 heterocycles. The third-order valence-electron chi connectivity index (χ3n) is 6.08. The van der Waals surface area contributed by atoms with Crippen LogP contribution in [0.5, 0.6) is 5.75 Å². The van der Waals surface area contributed by atoms with Gasteiger partial charge in [-0.1, -0.05) is 13.8 Å². The van der Waals surface area contributed by atoms with Gasteiger partial charge in [0.05, 0.1) is 34.9 Å². The minimum atomic E-state index is -0.430. The molecule has 6 nitrogen and oxygen atoms in total. The highest BCUT2D eigenvalue weighted by molar-refractivity contribution is 7.89. The lowest BCUT2D eigenvalue weighted by molar-refractivity contribution is -0.148. The zero-order valence-electron chi connectivity index (χ0n) is 16.5. The first-order valence-electron chi connectivity index (χ1n) is 9.91. The second kappa shape index (κ2) is 7.12. The summed E-state index contributed by atoms with van der Waals surface area (Å²) in [4.78, 5) is 30.3. The number of benzene rings is 1. The highest BCUT2D eigenvalue weighted by Gasteiger charge is 2.34. The van der Waals surface area contributed by atoms with Crippen LogP contribution in [0.2, 0.25) is 0 Å². The summed E-state index contributed by atoms with van der Waals surface area (Å²) in [5.41, 5.74) is 5.47. The third-order valence-corrected chi connectivity index (χ3v) is 6.33. The van der Waals surface area contributed by atoms with Crippen molar-refractivity contribution in [3.63, 3.8) is 0 Å². The van der Waals surface area contributed by atoms with Crippen molar-refractivity contribution in [2.45, 2.75) is 45.8 Å². The number of aryl methyl sites for hydroxylation is 1. The van der Waals surface area contributed by atoms with E-state index in [0.29, 0.717) is 24.3 Å². The molecule has 2 aliphatic heterocycles. The molecule has 1 unspecified atom stereocenters. The predicted octanol–water partition coefficient (Wildman–Crippen LogP) is 4.45. The molecule has 1 atom stereocenters. The second-order valence-electron chi connectivity index (χ2n) is 7.52. The number of carbonyl (C=O) groups excluding carboxylic acids is 1. The molecule has 2 aliphatic rings. The van der Waals surface area contributed by atoms with Crippen LogP contribution in [-0.4, -0.2) is 15.5 Å². The summed E-state index contributed by atoms with van der Waals surface area (Å²) in [6.45, 7) is 4.38. The SMILES string of the molecule is CCc1c2c(nc3ccc(OSF)cc13)-c1cc3c(c(=O)n1C2)COC(=O)C3CC. The van der Waals surface area contributed by atoms with Crippen LogP contribution >= 0.6 is 12.4 Å². The van der Waals surface area contributed by atoms with Crippen molar-refractivity contribution in [3.05, 3.63) is 56.9 Å². The number of hydrogen-bond acceptors (Lipinski definition) is 6. The summed E-state index contributed by atoms with van der Waals surface area (Å²) in [5.74, 6) is -0.303. The fourth-order valence-electron chi connectivity index (χ4n) is 4.65. The Morgan fingerprint density at radius 2 is 2.10 bits per heavy atom. The molecule has 0 fully saturated rings. The quantitative estimate of drug-likeness (QED) is 0.355. The van der Waals surface area contributed by atoms with E-state index in [1.165, 1.54) is 0 Å². The Kier molecular flexibility index (Phi) is 4.54. The Hall–Kier alpha value is -2.87. The van der Waals surface area contributed by atoms with Crippen LogP contribution < -0.4 is 9.74 Å². The number of nitrogens with zero attached hydrogens (tertiary/aromatic N) is 2. The van der Waals surface area contributed by atoms with Gasteiger partial charge in [-0.15, -0.1) is 3.89 Å². The maximum atomic E-state index is 13.3. The van der Waals surface area contributed by atoms with E-state index in [4.69, 9.17) is 13.9 Å². The fraction of sp³-hybridized carbons (Fsp3) is 0.318. The molecule has 2 aromatic heterocycles.